The molecule has 0 aliphatic rings. The average molecular weight is 175 g/mol. The molecule has 1 heterocycles. The third-order valence-electron chi connectivity index (χ3n) is 0.956. The molecule has 0 atom stereocenters. The van der Waals surface area contributed by atoms with Crippen LogP contribution < -0.4 is 0 Å². The molecule has 11 heavy (non-hydrogen) atoms. The van der Waals surface area contributed by atoms with Crippen LogP contribution in [-0.2, 0) is 0 Å². The van der Waals surface area contributed by atoms with Gasteiger partial charge in [0.15, 0.2) is 11.6 Å². The van der Waals surface area contributed by atoms with E-state index in [-0.39, 0.29) is 29.9 Å². The lowest BCUT2D eigenvalue weighted by Gasteiger charge is -1.91. The topological polar surface area (TPSA) is 63.1 Å². The van der Waals surface area contributed by atoms with Gasteiger partial charge in [-0.2, -0.15) is 4.98 Å². The van der Waals surface area contributed by atoms with Gasteiger partial charge in [0, 0.05) is 19.2 Å². The predicted octanol–water partition coefficient (Wildman–Crippen LogP) is 0.807. The minimum atomic E-state index is -0.254. The van der Waals surface area contributed by atoms with Crippen LogP contribution in [0.25, 0.3) is 0 Å². The number of hydrogen-bond acceptors (Lipinski definition) is 4. The molecule has 0 saturated heterocycles. The molecule has 1 aromatic heterocycles. The number of hydrogen-bond donors (Lipinski definition) is 1. The molecule has 0 aliphatic heterocycles. The van der Waals surface area contributed by atoms with Crippen molar-refractivity contribution in [1.29, 1.82) is 0 Å². The fraction of sp³-hybridized carbons (Fsp3) is 0.167. The van der Waals surface area contributed by atoms with Crippen LogP contribution in [0.3, 0.4) is 0 Å². The minimum Gasteiger partial charge on any atom is -0.493 e. The predicted molar refractivity (Wildman–Crippen MR) is 40.9 cm³/mol. The van der Waals surface area contributed by atoms with E-state index in [1.54, 1.807) is 0 Å². The van der Waals surface area contributed by atoms with Crippen LogP contribution >= 0.6 is 12.4 Å². The van der Waals surface area contributed by atoms with Crippen LogP contribution in [0.4, 0.5) is 0 Å². The van der Waals surface area contributed by atoms with E-state index in [2.05, 4.69) is 9.97 Å². The smallest absolute Gasteiger partial charge is 0.214 e. The highest BCUT2D eigenvalue weighted by molar-refractivity contribution is 5.90. The Kier molecular flexibility index (Phi) is 3.47. The van der Waals surface area contributed by atoms with Gasteiger partial charge in [0.05, 0.1) is 0 Å². The second-order valence-electron chi connectivity index (χ2n) is 1.79. The molecule has 4 nitrogen and oxygen atoms in total. The summed E-state index contributed by atoms with van der Waals surface area (Å²) in [6.07, 6.45) is 1.33. The molecule has 0 fully saturated rings. The van der Waals surface area contributed by atoms with Gasteiger partial charge in [-0.3, -0.25) is 4.79 Å². The first kappa shape index (κ1) is 9.84. The van der Waals surface area contributed by atoms with Crippen LogP contribution in [0.5, 0.6) is 5.88 Å². The molecule has 0 amide bonds. The van der Waals surface area contributed by atoms with Crippen molar-refractivity contribution in [2.75, 3.05) is 0 Å². The normalized spacial score (nSPS) is 8.45. The third-order valence-corrected chi connectivity index (χ3v) is 0.956. The minimum absolute atomic E-state index is 0. The summed E-state index contributed by atoms with van der Waals surface area (Å²) in [4.78, 5) is 17.6. The molecular weight excluding hydrogens is 168 g/mol. The summed E-state index contributed by atoms with van der Waals surface area (Å²) in [5.41, 5.74) is 0. The Bertz CT molecular complexity index is 265. The lowest BCUT2D eigenvalue weighted by atomic mass is 10.4. The van der Waals surface area contributed by atoms with Gasteiger partial charge in [0.1, 0.15) is 0 Å². The summed E-state index contributed by atoms with van der Waals surface area (Å²) in [5, 5.41) is 8.76. The van der Waals surface area contributed by atoms with Gasteiger partial charge in [-0.05, 0) is 0 Å². The van der Waals surface area contributed by atoms with Gasteiger partial charge in [-0.1, -0.05) is 0 Å². The molecule has 0 spiro atoms. The molecule has 0 saturated carbocycles. The van der Waals surface area contributed by atoms with Gasteiger partial charge in [0.25, 0.3) is 0 Å². The van der Waals surface area contributed by atoms with E-state index in [0.29, 0.717) is 0 Å². The molecule has 0 bridgehead atoms. The maximum atomic E-state index is 10.6. The standard InChI is InChI=1S/C6H6N2O2.ClH/c1-4(9)6-7-3-2-5(10)8-6;/h2-3H,1H3,(H,7,8,10);1H. The lowest BCUT2D eigenvalue weighted by molar-refractivity contribution is 0.100. The number of halogens is 1. The van der Waals surface area contributed by atoms with E-state index >= 15 is 0 Å². The number of nitrogens with zero attached hydrogens (tertiary/aromatic N) is 2. The number of Topliss-reactive ketones (excluding diaryl/α,β-unsaturated/α-hetero) is 1. The molecule has 0 unspecified atom stereocenters. The molecule has 60 valence electrons. The highest BCUT2D eigenvalue weighted by Gasteiger charge is 2.01. The molecule has 0 aliphatic carbocycles. The van der Waals surface area contributed by atoms with E-state index in [9.17, 15) is 4.79 Å². The number of aromatic nitrogens is 2. The zero-order chi connectivity index (χ0) is 7.56. The molecule has 5 heteroatoms. The van der Waals surface area contributed by atoms with Gasteiger partial charge >= 0.3 is 0 Å². The van der Waals surface area contributed by atoms with Crippen LogP contribution in [0.1, 0.15) is 17.5 Å². The maximum absolute atomic E-state index is 10.6. The van der Waals surface area contributed by atoms with Crippen LogP contribution in [0, 0.1) is 0 Å². The van der Waals surface area contributed by atoms with Crippen LogP contribution in [0.2, 0.25) is 0 Å². The number of aromatic hydroxyl groups is 1. The summed E-state index contributed by atoms with van der Waals surface area (Å²) in [6, 6.07) is 1.31. The number of carbonyl (C=O) groups is 1. The van der Waals surface area contributed by atoms with Crippen LogP contribution in [-0.4, -0.2) is 20.9 Å². The van der Waals surface area contributed by atoms with Crippen molar-refractivity contribution in [1.82, 2.24) is 9.97 Å². The van der Waals surface area contributed by atoms with Crippen molar-refractivity contribution in [3.05, 3.63) is 18.1 Å². The number of rotatable bonds is 1. The lowest BCUT2D eigenvalue weighted by Crippen LogP contribution is -1.98. The fourth-order valence-corrected chi connectivity index (χ4v) is 0.519. The average Bonchev–Trinajstić information content (AvgIpc) is 1.88. The van der Waals surface area contributed by atoms with Gasteiger partial charge in [0.2, 0.25) is 5.88 Å². The Balaban J connectivity index is 0.000001000. The first-order valence-electron chi connectivity index (χ1n) is 2.73. The van der Waals surface area contributed by atoms with E-state index in [1.165, 1.54) is 19.2 Å². The van der Waals surface area contributed by atoms with E-state index in [1.807, 2.05) is 0 Å². The maximum Gasteiger partial charge on any atom is 0.214 e. The SMILES string of the molecule is CC(=O)c1nccc(O)n1.Cl. The van der Waals surface area contributed by atoms with E-state index in [0.717, 1.165) is 0 Å². The zero-order valence-electron chi connectivity index (χ0n) is 5.81. The highest BCUT2D eigenvalue weighted by Crippen LogP contribution is 2.00. The van der Waals surface area contributed by atoms with Crippen molar-refractivity contribution in [3.8, 4) is 5.88 Å². The number of carbonyl (C=O) groups excluding carboxylic acids is 1. The van der Waals surface area contributed by atoms with E-state index < -0.39 is 0 Å². The van der Waals surface area contributed by atoms with Crippen LogP contribution in [0.15, 0.2) is 12.3 Å². The second kappa shape index (κ2) is 3.88. The molecular formula is C6H7ClN2O2. The van der Waals surface area contributed by atoms with Crippen molar-refractivity contribution < 1.29 is 9.90 Å². The molecule has 1 rings (SSSR count). The van der Waals surface area contributed by atoms with Crippen molar-refractivity contribution in [2.45, 2.75) is 6.92 Å². The van der Waals surface area contributed by atoms with Crippen molar-refractivity contribution >= 4 is 18.2 Å². The zero-order valence-corrected chi connectivity index (χ0v) is 6.63. The van der Waals surface area contributed by atoms with Gasteiger partial charge < -0.3 is 5.11 Å². The Labute approximate surface area is 69.7 Å². The molecule has 0 aromatic carbocycles. The Hall–Kier alpha value is -1.16. The first-order chi connectivity index (χ1) is 4.70. The quantitative estimate of drug-likeness (QED) is 0.640. The third kappa shape index (κ3) is 2.51. The highest BCUT2D eigenvalue weighted by atomic mass is 35.5. The largest absolute Gasteiger partial charge is 0.493 e. The summed E-state index contributed by atoms with van der Waals surface area (Å²) >= 11 is 0. The summed E-state index contributed by atoms with van der Waals surface area (Å²) in [5.74, 6) is -0.392. The summed E-state index contributed by atoms with van der Waals surface area (Å²) in [7, 11) is 0. The molecule has 0 radical (unpaired) electrons. The summed E-state index contributed by atoms with van der Waals surface area (Å²) < 4.78 is 0. The monoisotopic (exact) mass is 174 g/mol. The first-order valence-corrected chi connectivity index (χ1v) is 2.73. The van der Waals surface area contributed by atoms with Crippen molar-refractivity contribution in [2.24, 2.45) is 0 Å². The van der Waals surface area contributed by atoms with Crippen molar-refractivity contribution in [3.63, 3.8) is 0 Å². The van der Waals surface area contributed by atoms with Gasteiger partial charge in [-0.25, -0.2) is 4.98 Å². The summed E-state index contributed by atoms with van der Waals surface area (Å²) in [6.45, 7) is 1.34. The Morgan fingerprint density at radius 2 is 2.27 bits per heavy atom. The second-order valence-corrected chi connectivity index (χ2v) is 1.79. The van der Waals surface area contributed by atoms with E-state index in [4.69, 9.17) is 5.11 Å². The Morgan fingerprint density at radius 3 is 2.64 bits per heavy atom. The molecule has 1 N–H and O–H groups in total. The van der Waals surface area contributed by atoms with Gasteiger partial charge in [-0.15, -0.1) is 12.4 Å². The Morgan fingerprint density at radius 1 is 1.64 bits per heavy atom. The molecule has 1 aromatic rings. The number of ketones is 1. The fourth-order valence-electron chi connectivity index (χ4n) is 0.519.